The zero-order valence-corrected chi connectivity index (χ0v) is 11.5. The van der Waals surface area contributed by atoms with Crippen molar-refractivity contribution < 1.29 is 4.74 Å². The molecule has 8 N–H and O–H groups in total. The third kappa shape index (κ3) is 2.95. The average molecular weight is 272 g/mol. The molecule has 0 amide bonds. The van der Waals surface area contributed by atoms with E-state index < -0.39 is 0 Å². The van der Waals surface area contributed by atoms with E-state index in [1.165, 1.54) is 0 Å². The van der Waals surface area contributed by atoms with E-state index in [0.717, 1.165) is 16.7 Å². The second-order valence-electron chi connectivity index (χ2n) is 4.77. The van der Waals surface area contributed by atoms with Crippen molar-refractivity contribution in [3.05, 3.63) is 35.9 Å². The first-order valence-corrected chi connectivity index (χ1v) is 6.34. The summed E-state index contributed by atoms with van der Waals surface area (Å²) in [5, 5.41) is 0. The highest BCUT2D eigenvalue weighted by atomic mass is 16.5. The monoisotopic (exact) mass is 272 g/mol. The molecule has 5 nitrogen and oxygen atoms in total. The van der Waals surface area contributed by atoms with Crippen LogP contribution in [0.15, 0.2) is 30.3 Å². The van der Waals surface area contributed by atoms with Gasteiger partial charge in [-0.2, -0.15) is 0 Å². The van der Waals surface area contributed by atoms with Crippen LogP contribution in [0.4, 0.5) is 22.7 Å². The molecule has 20 heavy (non-hydrogen) atoms. The van der Waals surface area contributed by atoms with Gasteiger partial charge in [0.2, 0.25) is 0 Å². The Morgan fingerprint density at radius 3 is 2.05 bits per heavy atom. The third-order valence-corrected chi connectivity index (χ3v) is 3.15. The molecular formula is C15H20N4O. The molecule has 0 radical (unpaired) electrons. The summed E-state index contributed by atoms with van der Waals surface area (Å²) in [5.41, 5.74) is 29.0. The summed E-state index contributed by atoms with van der Waals surface area (Å²) < 4.78 is 5.13. The molecule has 0 bridgehead atoms. The standard InChI is InChI=1S/C15H20N4O/c1-20-3-2-13-14(7-12(18)8-15(13)19)9-4-10(16)6-11(17)5-9/h4-8H,2-3,16-19H2,1H3. The molecule has 0 aromatic heterocycles. The first kappa shape index (κ1) is 14.0. The van der Waals surface area contributed by atoms with Crippen LogP contribution in [0.25, 0.3) is 11.1 Å². The van der Waals surface area contributed by atoms with Crippen LogP contribution in [-0.4, -0.2) is 13.7 Å². The SMILES string of the molecule is COCCc1c(N)cc(N)cc1-c1cc(N)cc(N)c1. The van der Waals surface area contributed by atoms with E-state index in [4.69, 9.17) is 27.7 Å². The van der Waals surface area contributed by atoms with Crippen LogP contribution in [0, 0.1) is 0 Å². The lowest BCUT2D eigenvalue weighted by molar-refractivity contribution is 0.202. The zero-order valence-electron chi connectivity index (χ0n) is 11.5. The molecule has 0 aliphatic carbocycles. The molecule has 106 valence electrons. The molecule has 0 saturated heterocycles. The molecular weight excluding hydrogens is 252 g/mol. The van der Waals surface area contributed by atoms with Crippen LogP contribution < -0.4 is 22.9 Å². The summed E-state index contributed by atoms with van der Waals surface area (Å²) in [5.74, 6) is 0. The highest BCUT2D eigenvalue weighted by molar-refractivity contribution is 5.81. The smallest absolute Gasteiger partial charge is 0.0503 e. The lowest BCUT2D eigenvalue weighted by atomic mass is 9.95. The van der Waals surface area contributed by atoms with E-state index in [-0.39, 0.29) is 0 Å². The normalized spacial score (nSPS) is 10.7. The summed E-state index contributed by atoms with van der Waals surface area (Å²) in [6.07, 6.45) is 0.701. The zero-order chi connectivity index (χ0) is 14.7. The Morgan fingerprint density at radius 1 is 0.850 bits per heavy atom. The molecule has 0 aliphatic heterocycles. The largest absolute Gasteiger partial charge is 0.399 e. The quantitative estimate of drug-likeness (QED) is 0.634. The molecule has 0 spiro atoms. The number of hydrogen-bond donors (Lipinski definition) is 4. The fourth-order valence-electron chi connectivity index (χ4n) is 2.29. The van der Waals surface area contributed by atoms with Crippen molar-refractivity contribution in [3.63, 3.8) is 0 Å². The number of ether oxygens (including phenoxy) is 1. The van der Waals surface area contributed by atoms with Gasteiger partial charge in [-0.15, -0.1) is 0 Å². The van der Waals surface area contributed by atoms with E-state index in [9.17, 15) is 0 Å². The molecule has 0 saturated carbocycles. The summed E-state index contributed by atoms with van der Waals surface area (Å²) in [6, 6.07) is 9.08. The van der Waals surface area contributed by atoms with Gasteiger partial charge in [-0.3, -0.25) is 0 Å². The van der Waals surface area contributed by atoms with E-state index in [0.29, 0.717) is 35.8 Å². The molecule has 0 atom stereocenters. The van der Waals surface area contributed by atoms with Crippen LogP contribution in [0.2, 0.25) is 0 Å². The minimum absolute atomic E-state index is 0.582. The lowest BCUT2D eigenvalue weighted by Crippen LogP contribution is -2.04. The number of nitrogens with two attached hydrogens (primary N) is 4. The highest BCUT2D eigenvalue weighted by Crippen LogP contribution is 2.33. The van der Waals surface area contributed by atoms with E-state index in [2.05, 4.69) is 0 Å². The van der Waals surface area contributed by atoms with Gasteiger partial charge in [-0.25, -0.2) is 0 Å². The molecule has 2 aromatic carbocycles. The molecule has 2 rings (SSSR count). The third-order valence-electron chi connectivity index (χ3n) is 3.15. The van der Waals surface area contributed by atoms with Gasteiger partial charge in [0.25, 0.3) is 0 Å². The van der Waals surface area contributed by atoms with Gasteiger partial charge in [-0.1, -0.05) is 0 Å². The van der Waals surface area contributed by atoms with Gasteiger partial charge in [0.1, 0.15) is 0 Å². The molecule has 0 heterocycles. The maximum Gasteiger partial charge on any atom is 0.0503 e. The van der Waals surface area contributed by atoms with Crippen molar-refractivity contribution in [1.29, 1.82) is 0 Å². The van der Waals surface area contributed by atoms with Crippen molar-refractivity contribution >= 4 is 22.7 Å². The minimum Gasteiger partial charge on any atom is -0.399 e. The van der Waals surface area contributed by atoms with Gasteiger partial charge in [0.05, 0.1) is 6.61 Å². The van der Waals surface area contributed by atoms with Crippen LogP contribution in [0.3, 0.4) is 0 Å². The number of hydrogen-bond acceptors (Lipinski definition) is 5. The van der Waals surface area contributed by atoms with Gasteiger partial charge < -0.3 is 27.7 Å². The maximum absolute atomic E-state index is 6.08. The lowest BCUT2D eigenvalue weighted by Gasteiger charge is -2.15. The second-order valence-corrected chi connectivity index (χ2v) is 4.77. The highest BCUT2D eigenvalue weighted by Gasteiger charge is 2.11. The Bertz CT molecular complexity index is 605. The topological polar surface area (TPSA) is 113 Å². The Kier molecular flexibility index (Phi) is 4.00. The Morgan fingerprint density at radius 2 is 1.45 bits per heavy atom. The van der Waals surface area contributed by atoms with Crippen molar-refractivity contribution in [2.24, 2.45) is 0 Å². The number of nitrogen functional groups attached to an aromatic ring is 4. The van der Waals surface area contributed by atoms with Crippen molar-refractivity contribution in [2.45, 2.75) is 6.42 Å². The molecule has 2 aromatic rings. The summed E-state index contributed by atoms with van der Waals surface area (Å²) in [4.78, 5) is 0. The number of methoxy groups -OCH3 is 1. The summed E-state index contributed by atoms with van der Waals surface area (Å²) in [6.45, 7) is 0.582. The fraction of sp³-hybridized carbons (Fsp3) is 0.200. The predicted molar refractivity (Wildman–Crippen MR) is 85.1 cm³/mol. The van der Waals surface area contributed by atoms with E-state index in [1.807, 2.05) is 18.2 Å². The Hall–Kier alpha value is -2.40. The van der Waals surface area contributed by atoms with Gasteiger partial charge >= 0.3 is 0 Å². The fourth-order valence-corrected chi connectivity index (χ4v) is 2.29. The summed E-state index contributed by atoms with van der Waals surface area (Å²) in [7, 11) is 1.66. The van der Waals surface area contributed by atoms with E-state index in [1.54, 1.807) is 19.2 Å². The Labute approximate surface area is 118 Å². The van der Waals surface area contributed by atoms with Gasteiger partial charge in [0, 0.05) is 29.9 Å². The van der Waals surface area contributed by atoms with Crippen molar-refractivity contribution in [2.75, 3.05) is 36.7 Å². The summed E-state index contributed by atoms with van der Waals surface area (Å²) >= 11 is 0. The Balaban J connectivity index is 2.58. The molecule has 0 fully saturated rings. The predicted octanol–water partition coefficient (Wildman–Crippen LogP) is 1.87. The van der Waals surface area contributed by atoms with Crippen molar-refractivity contribution in [1.82, 2.24) is 0 Å². The first-order chi connectivity index (χ1) is 9.51. The number of anilines is 4. The number of rotatable bonds is 4. The van der Waals surface area contributed by atoms with Crippen LogP contribution in [-0.2, 0) is 11.2 Å². The maximum atomic E-state index is 6.08. The first-order valence-electron chi connectivity index (χ1n) is 6.34. The molecule has 0 aliphatic rings. The minimum atomic E-state index is 0.582. The average Bonchev–Trinajstić information content (AvgIpc) is 2.35. The molecule has 0 unspecified atom stereocenters. The van der Waals surface area contributed by atoms with Crippen molar-refractivity contribution in [3.8, 4) is 11.1 Å². The van der Waals surface area contributed by atoms with Crippen LogP contribution in [0.1, 0.15) is 5.56 Å². The van der Waals surface area contributed by atoms with Gasteiger partial charge in [-0.05, 0) is 53.4 Å². The number of benzene rings is 2. The van der Waals surface area contributed by atoms with E-state index >= 15 is 0 Å². The van der Waals surface area contributed by atoms with Crippen LogP contribution in [0.5, 0.6) is 0 Å². The van der Waals surface area contributed by atoms with Crippen LogP contribution >= 0.6 is 0 Å². The molecule has 5 heteroatoms. The second kappa shape index (κ2) is 5.71. The van der Waals surface area contributed by atoms with Gasteiger partial charge in [0.15, 0.2) is 0 Å².